The number of anilines is 1. The highest BCUT2D eigenvalue weighted by molar-refractivity contribution is 5.92. The lowest BCUT2D eigenvalue weighted by molar-refractivity contribution is 0.0822. The summed E-state index contributed by atoms with van der Waals surface area (Å²) in [5.74, 6) is 0.630. The second-order valence-corrected chi connectivity index (χ2v) is 5.42. The Labute approximate surface area is 116 Å². The van der Waals surface area contributed by atoms with Crippen molar-refractivity contribution in [1.29, 1.82) is 0 Å². The van der Waals surface area contributed by atoms with Gasteiger partial charge in [0.05, 0.1) is 0 Å². The van der Waals surface area contributed by atoms with Crippen LogP contribution in [0.15, 0.2) is 18.3 Å². The van der Waals surface area contributed by atoms with Crippen molar-refractivity contribution in [2.75, 3.05) is 19.4 Å². The summed E-state index contributed by atoms with van der Waals surface area (Å²) >= 11 is 0. The van der Waals surface area contributed by atoms with Gasteiger partial charge in [0.2, 0.25) is 0 Å². The molecule has 0 saturated heterocycles. The van der Waals surface area contributed by atoms with E-state index in [9.17, 15) is 4.79 Å². The minimum atomic E-state index is -0.0711. The Morgan fingerprint density at radius 1 is 1.42 bits per heavy atom. The van der Waals surface area contributed by atoms with Gasteiger partial charge in [0, 0.05) is 32.0 Å². The van der Waals surface area contributed by atoms with E-state index >= 15 is 0 Å². The number of rotatable bonds is 6. The fourth-order valence-electron chi connectivity index (χ4n) is 1.98. The average molecular weight is 263 g/mol. The summed E-state index contributed by atoms with van der Waals surface area (Å²) in [6.45, 7) is 6.63. The van der Waals surface area contributed by atoms with Crippen molar-refractivity contribution in [3.05, 3.63) is 24.0 Å². The van der Waals surface area contributed by atoms with E-state index in [1.807, 2.05) is 12.1 Å². The van der Waals surface area contributed by atoms with Gasteiger partial charge in [-0.25, -0.2) is 0 Å². The fraction of sp³-hybridized carbons (Fsp3) is 0.600. The average Bonchev–Trinajstić information content (AvgIpc) is 2.37. The monoisotopic (exact) mass is 263 g/mol. The van der Waals surface area contributed by atoms with Crippen molar-refractivity contribution >= 4 is 11.6 Å². The summed E-state index contributed by atoms with van der Waals surface area (Å²) in [5, 5.41) is 3.43. The molecule has 2 atom stereocenters. The molecular weight excluding hydrogens is 238 g/mol. The lowest BCUT2D eigenvalue weighted by atomic mass is 10.0. The van der Waals surface area contributed by atoms with Crippen LogP contribution < -0.4 is 5.32 Å². The largest absolute Gasteiger partial charge is 0.382 e. The predicted octanol–water partition coefficient (Wildman–Crippen LogP) is 3.02. The molecule has 1 N–H and O–H groups in total. The van der Waals surface area contributed by atoms with Crippen LogP contribution in [0.5, 0.6) is 0 Å². The Hall–Kier alpha value is -1.58. The van der Waals surface area contributed by atoms with E-state index in [1.165, 1.54) is 11.3 Å². The summed E-state index contributed by atoms with van der Waals surface area (Å²) in [6.07, 6.45) is 3.98. The van der Waals surface area contributed by atoms with Gasteiger partial charge in [0.1, 0.15) is 5.69 Å². The van der Waals surface area contributed by atoms with Crippen molar-refractivity contribution < 1.29 is 4.79 Å². The first-order valence-electron chi connectivity index (χ1n) is 6.88. The van der Waals surface area contributed by atoms with Crippen molar-refractivity contribution in [2.24, 2.45) is 5.92 Å². The number of carbonyl (C=O) groups is 1. The minimum Gasteiger partial charge on any atom is -0.382 e. The number of carbonyl (C=O) groups excluding carboxylic acids is 1. The van der Waals surface area contributed by atoms with Gasteiger partial charge in [-0.2, -0.15) is 0 Å². The number of hydrogen-bond acceptors (Lipinski definition) is 3. The van der Waals surface area contributed by atoms with Gasteiger partial charge in [-0.3, -0.25) is 9.78 Å². The molecule has 0 saturated carbocycles. The number of pyridine rings is 1. The summed E-state index contributed by atoms with van der Waals surface area (Å²) in [4.78, 5) is 17.5. The Kier molecular flexibility index (Phi) is 5.80. The first kappa shape index (κ1) is 15.5. The molecule has 0 bridgehead atoms. The van der Waals surface area contributed by atoms with Crippen LogP contribution in [-0.2, 0) is 0 Å². The van der Waals surface area contributed by atoms with Crippen LogP contribution in [0.1, 0.15) is 44.1 Å². The van der Waals surface area contributed by atoms with Gasteiger partial charge in [0.15, 0.2) is 0 Å². The third kappa shape index (κ3) is 4.89. The predicted molar refractivity (Wildman–Crippen MR) is 79.4 cm³/mol. The number of amides is 1. The summed E-state index contributed by atoms with van der Waals surface area (Å²) in [6, 6.07) is 4.11. The summed E-state index contributed by atoms with van der Waals surface area (Å²) in [7, 11) is 3.46. The molecule has 106 valence electrons. The van der Waals surface area contributed by atoms with E-state index in [0.717, 1.165) is 12.1 Å². The van der Waals surface area contributed by atoms with Crippen LogP contribution in [-0.4, -0.2) is 35.9 Å². The molecule has 0 fully saturated rings. The van der Waals surface area contributed by atoms with Crippen LogP contribution in [0.3, 0.4) is 0 Å². The first-order chi connectivity index (χ1) is 8.93. The molecule has 4 nitrogen and oxygen atoms in total. The smallest absolute Gasteiger partial charge is 0.272 e. The zero-order valence-electron chi connectivity index (χ0n) is 12.6. The lowest BCUT2D eigenvalue weighted by Crippen LogP contribution is -2.23. The van der Waals surface area contributed by atoms with Crippen molar-refractivity contribution in [3.63, 3.8) is 0 Å². The van der Waals surface area contributed by atoms with Gasteiger partial charge in [0.25, 0.3) is 5.91 Å². The molecule has 1 rings (SSSR count). The van der Waals surface area contributed by atoms with Gasteiger partial charge in [-0.15, -0.1) is 0 Å². The van der Waals surface area contributed by atoms with Crippen LogP contribution in [0, 0.1) is 5.92 Å². The van der Waals surface area contributed by atoms with Crippen molar-refractivity contribution in [3.8, 4) is 0 Å². The number of hydrogen-bond donors (Lipinski definition) is 1. The molecule has 0 spiro atoms. The molecule has 0 aliphatic carbocycles. The highest BCUT2D eigenvalue weighted by Crippen LogP contribution is 2.15. The first-order valence-corrected chi connectivity index (χ1v) is 6.88. The molecule has 4 heteroatoms. The number of aromatic nitrogens is 1. The van der Waals surface area contributed by atoms with E-state index in [2.05, 4.69) is 31.1 Å². The highest BCUT2D eigenvalue weighted by Gasteiger charge is 2.11. The maximum absolute atomic E-state index is 11.8. The lowest BCUT2D eigenvalue weighted by Gasteiger charge is -2.19. The van der Waals surface area contributed by atoms with Crippen LogP contribution in [0.25, 0.3) is 0 Å². The third-order valence-corrected chi connectivity index (χ3v) is 3.25. The number of nitrogens with zero attached hydrogens (tertiary/aromatic N) is 2. The van der Waals surface area contributed by atoms with Crippen LogP contribution >= 0.6 is 0 Å². The zero-order chi connectivity index (χ0) is 14.4. The Balaban J connectivity index is 2.69. The standard InChI is InChI=1S/C15H25N3O/c1-6-11(2)9-12(3)17-13-7-8-16-14(10-13)15(19)18(4)5/h7-8,10-12H,6,9H2,1-5H3,(H,16,17). The molecule has 0 aliphatic rings. The highest BCUT2D eigenvalue weighted by atomic mass is 16.2. The quantitative estimate of drug-likeness (QED) is 0.858. The van der Waals surface area contributed by atoms with Gasteiger partial charge < -0.3 is 10.2 Å². The van der Waals surface area contributed by atoms with E-state index in [-0.39, 0.29) is 5.91 Å². The molecule has 1 aromatic rings. The second-order valence-electron chi connectivity index (χ2n) is 5.42. The van der Waals surface area contributed by atoms with Crippen molar-refractivity contribution in [1.82, 2.24) is 9.88 Å². The van der Waals surface area contributed by atoms with E-state index in [4.69, 9.17) is 0 Å². The molecule has 19 heavy (non-hydrogen) atoms. The Morgan fingerprint density at radius 2 is 2.11 bits per heavy atom. The van der Waals surface area contributed by atoms with Gasteiger partial charge in [-0.1, -0.05) is 20.3 Å². The molecule has 1 amide bonds. The minimum absolute atomic E-state index is 0.0711. The van der Waals surface area contributed by atoms with Gasteiger partial charge >= 0.3 is 0 Å². The zero-order valence-corrected chi connectivity index (χ0v) is 12.6. The SMILES string of the molecule is CCC(C)CC(C)Nc1ccnc(C(=O)N(C)C)c1. The third-order valence-electron chi connectivity index (χ3n) is 3.25. The molecule has 2 unspecified atom stereocenters. The molecular formula is C15H25N3O. The van der Waals surface area contributed by atoms with E-state index in [0.29, 0.717) is 17.7 Å². The molecule has 0 radical (unpaired) electrons. The maximum atomic E-state index is 11.8. The molecule has 0 aromatic carbocycles. The van der Waals surface area contributed by atoms with Gasteiger partial charge in [-0.05, 0) is 31.4 Å². The van der Waals surface area contributed by atoms with Crippen molar-refractivity contribution in [2.45, 2.75) is 39.7 Å². The Morgan fingerprint density at radius 3 is 2.68 bits per heavy atom. The van der Waals surface area contributed by atoms with Crippen LogP contribution in [0.2, 0.25) is 0 Å². The van der Waals surface area contributed by atoms with E-state index in [1.54, 1.807) is 20.3 Å². The normalized spacial score (nSPS) is 13.7. The molecule has 0 aliphatic heterocycles. The molecule has 1 aromatic heterocycles. The summed E-state index contributed by atoms with van der Waals surface area (Å²) in [5.41, 5.74) is 1.43. The molecule has 1 heterocycles. The second kappa shape index (κ2) is 7.12. The summed E-state index contributed by atoms with van der Waals surface area (Å²) < 4.78 is 0. The van der Waals surface area contributed by atoms with E-state index < -0.39 is 0 Å². The van der Waals surface area contributed by atoms with Crippen LogP contribution in [0.4, 0.5) is 5.69 Å². The number of nitrogens with one attached hydrogen (secondary N) is 1. The maximum Gasteiger partial charge on any atom is 0.272 e. The fourth-order valence-corrected chi connectivity index (χ4v) is 1.98. The topological polar surface area (TPSA) is 45.2 Å². The Bertz CT molecular complexity index is 418.